The van der Waals surface area contributed by atoms with Gasteiger partial charge in [0, 0.05) is 30.5 Å². The molecule has 1 aliphatic rings. The van der Waals surface area contributed by atoms with Crippen LogP contribution >= 0.6 is 11.3 Å². The van der Waals surface area contributed by atoms with E-state index < -0.39 is 0 Å². The van der Waals surface area contributed by atoms with Crippen LogP contribution in [0.1, 0.15) is 59.1 Å². The molecule has 0 bridgehead atoms. The summed E-state index contributed by atoms with van der Waals surface area (Å²) in [6.07, 6.45) is 3.80. The van der Waals surface area contributed by atoms with Crippen LogP contribution in [0.25, 0.3) is 0 Å². The topological polar surface area (TPSA) is 79.0 Å². The fourth-order valence-electron chi connectivity index (χ4n) is 3.11. The summed E-state index contributed by atoms with van der Waals surface area (Å²) in [4.78, 5) is 37.8. The zero-order chi connectivity index (χ0) is 17.1. The Labute approximate surface area is 145 Å². The third-order valence-corrected chi connectivity index (χ3v) is 5.15. The molecule has 1 fully saturated rings. The Morgan fingerprint density at radius 2 is 2.29 bits per heavy atom. The van der Waals surface area contributed by atoms with E-state index in [0.29, 0.717) is 18.1 Å². The van der Waals surface area contributed by atoms with Gasteiger partial charge in [0.15, 0.2) is 0 Å². The number of H-pyrrole nitrogens is 1. The van der Waals surface area contributed by atoms with Crippen LogP contribution in [0.3, 0.4) is 0 Å². The number of amides is 1. The molecule has 1 amide bonds. The summed E-state index contributed by atoms with van der Waals surface area (Å²) >= 11 is 1.55. The van der Waals surface area contributed by atoms with Crippen LogP contribution < -0.4 is 5.56 Å². The number of thiazole rings is 1. The van der Waals surface area contributed by atoms with Gasteiger partial charge in [-0.05, 0) is 32.6 Å². The SMILES string of the molecule is CCCc1nc(C(=O)N2CCC[C@@H](c3cc(=O)[nH]c(C)n3)C2)cs1. The van der Waals surface area contributed by atoms with Gasteiger partial charge in [-0.15, -0.1) is 11.3 Å². The molecule has 0 spiro atoms. The normalized spacial score (nSPS) is 17.9. The predicted octanol–water partition coefficient (Wildman–Crippen LogP) is 2.51. The summed E-state index contributed by atoms with van der Waals surface area (Å²) in [7, 11) is 0. The first-order valence-corrected chi connectivity index (χ1v) is 9.26. The molecule has 0 radical (unpaired) electrons. The van der Waals surface area contributed by atoms with Crippen molar-refractivity contribution in [3.8, 4) is 0 Å². The standard InChI is InChI=1S/C17H22N4O2S/c1-3-5-16-20-14(10-24-16)17(23)21-7-4-6-12(9-21)13-8-15(22)19-11(2)18-13/h8,10,12H,3-7,9H2,1-2H3,(H,18,19,22)/t12-/m1/s1. The van der Waals surface area contributed by atoms with E-state index in [0.717, 1.165) is 42.9 Å². The van der Waals surface area contributed by atoms with Gasteiger partial charge < -0.3 is 9.88 Å². The highest BCUT2D eigenvalue weighted by Gasteiger charge is 2.27. The number of carbonyl (C=O) groups is 1. The van der Waals surface area contributed by atoms with Gasteiger partial charge in [0.1, 0.15) is 11.5 Å². The van der Waals surface area contributed by atoms with Gasteiger partial charge in [-0.3, -0.25) is 9.59 Å². The van der Waals surface area contributed by atoms with Crippen molar-refractivity contribution in [1.82, 2.24) is 19.9 Å². The molecule has 128 valence electrons. The van der Waals surface area contributed by atoms with E-state index in [9.17, 15) is 9.59 Å². The summed E-state index contributed by atoms with van der Waals surface area (Å²) in [5, 5.41) is 2.87. The molecule has 1 N–H and O–H groups in total. The number of hydrogen-bond donors (Lipinski definition) is 1. The van der Waals surface area contributed by atoms with Gasteiger partial charge in [0.25, 0.3) is 11.5 Å². The second-order valence-corrected chi connectivity index (χ2v) is 7.17. The number of nitrogens with one attached hydrogen (secondary N) is 1. The zero-order valence-corrected chi connectivity index (χ0v) is 14.9. The lowest BCUT2D eigenvalue weighted by Crippen LogP contribution is -2.39. The van der Waals surface area contributed by atoms with Crippen molar-refractivity contribution in [3.05, 3.63) is 44.0 Å². The van der Waals surface area contributed by atoms with Crippen LogP contribution in [0.4, 0.5) is 0 Å². The second-order valence-electron chi connectivity index (χ2n) is 6.22. The summed E-state index contributed by atoms with van der Waals surface area (Å²) in [5.41, 5.74) is 1.18. The van der Waals surface area contributed by atoms with Gasteiger partial charge in [-0.1, -0.05) is 6.92 Å². The van der Waals surface area contributed by atoms with Crippen LogP contribution in [-0.4, -0.2) is 38.8 Å². The van der Waals surface area contributed by atoms with Gasteiger partial charge in [-0.2, -0.15) is 0 Å². The molecule has 7 heteroatoms. The molecule has 6 nitrogen and oxygen atoms in total. The van der Waals surface area contributed by atoms with Crippen molar-refractivity contribution in [3.63, 3.8) is 0 Å². The highest BCUT2D eigenvalue weighted by Crippen LogP contribution is 2.26. The third-order valence-electron chi connectivity index (χ3n) is 4.24. The third kappa shape index (κ3) is 3.72. The van der Waals surface area contributed by atoms with E-state index >= 15 is 0 Å². The van der Waals surface area contributed by atoms with Crippen LogP contribution in [-0.2, 0) is 6.42 Å². The molecule has 3 rings (SSSR count). The quantitative estimate of drug-likeness (QED) is 0.922. The van der Waals surface area contributed by atoms with E-state index in [1.807, 2.05) is 10.3 Å². The van der Waals surface area contributed by atoms with Crippen molar-refractivity contribution in [2.45, 2.75) is 45.4 Å². The number of piperidine rings is 1. The molecule has 1 saturated heterocycles. The largest absolute Gasteiger partial charge is 0.337 e. The van der Waals surface area contributed by atoms with E-state index in [4.69, 9.17) is 0 Å². The van der Waals surface area contributed by atoms with Crippen molar-refractivity contribution in [2.24, 2.45) is 0 Å². The molecule has 0 saturated carbocycles. The van der Waals surface area contributed by atoms with Crippen LogP contribution in [0, 0.1) is 6.92 Å². The Morgan fingerprint density at radius 3 is 3.04 bits per heavy atom. The van der Waals surface area contributed by atoms with E-state index in [1.54, 1.807) is 24.3 Å². The average Bonchev–Trinajstić information content (AvgIpc) is 3.02. The highest BCUT2D eigenvalue weighted by atomic mass is 32.1. The van der Waals surface area contributed by atoms with E-state index in [-0.39, 0.29) is 17.4 Å². The monoisotopic (exact) mass is 346 g/mol. The lowest BCUT2D eigenvalue weighted by molar-refractivity contribution is 0.0700. The number of likely N-dealkylation sites (tertiary alicyclic amines) is 1. The smallest absolute Gasteiger partial charge is 0.273 e. The van der Waals surface area contributed by atoms with E-state index in [2.05, 4.69) is 21.9 Å². The molecule has 0 aliphatic carbocycles. The van der Waals surface area contributed by atoms with Crippen LogP contribution in [0.5, 0.6) is 0 Å². The number of aromatic amines is 1. The lowest BCUT2D eigenvalue weighted by atomic mass is 9.94. The molecule has 24 heavy (non-hydrogen) atoms. The number of rotatable bonds is 4. The predicted molar refractivity (Wildman–Crippen MR) is 93.6 cm³/mol. The van der Waals surface area contributed by atoms with Crippen LogP contribution in [0.2, 0.25) is 0 Å². The molecule has 0 unspecified atom stereocenters. The van der Waals surface area contributed by atoms with Crippen LogP contribution in [0.15, 0.2) is 16.2 Å². The maximum atomic E-state index is 12.7. The number of carbonyl (C=O) groups excluding carboxylic acids is 1. The molecular weight excluding hydrogens is 324 g/mol. The zero-order valence-electron chi connectivity index (χ0n) is 14.0. The van der Waals surface area contributed by atoms with Gasteiger partial charge in [-0.25, -0.2) is 9.97 Å². The highest BCUT2D eigenvalue weighted by molar-refractivity contribution is 7.09. The van der Waals surface area contributed by atoms with E-state index in [1.165, 1.54) is 0 Å². The van der Waals surface area contributed by atoms with Crippen molar-refractivity contribution < 1.29 is 4.79 Å². The Hall–Kier alpha value is -2.02. The Bertz CT molecular complexity index is 783. The maximum absolute atomic E-state index is 12.7. The minimum absolute atomic E-state index is 0.0140. The number of aryl methyl sites for hydroxylation is 2. The number of nitrogens with zero attached hydrogens (tertiary/aromatic N) is 3. The van der Waals surface area contributed by atoms with Gasteiger partial charge >= 0.3 is 0 Å². The Balaban J connectivity index is 1.74. The second kappa shape index (κ2) is 7.25. The first kappa shape index (κ1) is 16.8. The van der Waals surface area contributed by atoms with Crippen molar-refractivity contribution >= 4 is 17.2 Å². The van der Waals surface area contributed by atoms with Gasteiger partial charge in [0.2, 0.25) is 0 Å². The Morgan fingerprint density at radius 1 is 1.46 bits per heavy atom. The maximum Gasteiger partial charge on any atom is 0.273 e. The molecule has 1 aliphatic heterocycles. The Kier molecular flexibility index (Phi) is 5.08. The minimum atomic E-state index is -0.135. The summed E-state index contributed by atoms with van der Waals surface area (Å²) in [6, 6.07) is 1.55. The molecular formula is C17H22N4O2S. The first-order chi connectivity index (χ1) is 11.6. The molecule has 0 aromatic carbocycles. The molecule has 2 aromatic heterocycles. The average molecular weight is 346 g/mol. The first-order valence-electron chi connectivity index (χ1n) is 8.38. The lowest BCUT2D eigenvalue weighted by Gasteiger charge is -2.32. The minimum Gasteiger partial charge on any atom is -0.337 e. The molecule has 2 aromatic rings. The fourth-order valence-corrected chi connectivity index (χ4v) is 3.99. The molecule has 1 atom stereocenters. The number of aromatic nitrogens is 3. The summed E-state index contributed by atoms with van der Waals surface area (Å²) in [6.45, 7) is 5.21. The van der Waals surface area contributed by atoms with Crippen molar-refractivity contribution in [2.75, 3.05) is 13.1 Å². The summed E-state index contributed by atoms with van der Waals surface area (Å²) < 4.78 is 0. The fraction of sp³-hybridized carbons (Fsp3) is 0.529. The number of hydrogen-bond acceptors (Lipinski definition) is 5. The van der Waals surface area contributed by atoms with Gasteiger partial charge in [0.05, 0.1) is 10.7 Å². The van der Waals surface area contributed by atoms with Crippen molar-refractivity contribution in [1.29, 1.82) is 0 Å². The molecule has 3 heterocycles. The summed E-state index contributed by atoms with van der Waals surface area (Å²) in [5.74, 6) is 0.710.